The van der Waals surface area contributed by atoms with Gasteiger partial charge in [-0.2, -0.15) is 0 Å². The van der Waals surface area contributed by atoms with Crippen molar-refractivity contribution in [2.45, 2.75) is 6.54 Å². The van der Waals surface area contributed by atoms with E-state index < -0.39 is 4.92 Å². The summed E-state index contributed by atoms with van der Waals surface area (Å²) in [4.78, 5) is 26.9. The van der Waals surface area contributed by atoms with Crippen molar-refractivity contribution >= 4 is 17.8 Å². The van der Waals surface area contributed by atoms with Crippen molar-refractivity contribution in [3.8, 4) is 5.75 Å². The van der Waals surface area contributed by atoms with Crippen LogP contribution in [0, 0.1) is 10.1 Å². The van der Waals surface area contributed by atoms with Crippen LogP contribution in [-0.4, -0.2) is 30.8 Å². The molecule has 8 nitrogen and oxygen atoms in total. The molecule has 0 aliphatic heterocycles. The number of nitrogens with zero attached hydrogens (tertiary/aromatic N) is 2. The number of hydrogen-bond acceptors (Lipinski definition) is 6. The van der Waals surface area contributed by atoms with E-state index in [4.69, 9.17) is 9.57 Å². The molecule has 0 radical (unpaired) electrons. The van der Waals surface area contributed by atoms with Crippen molar-refractivity contribution in [2.75, 3.05) is 13.7 Å². The molecule has 1 N–H and O–H groups in total. The topological polar surface area (TPSA) is 103 Å². The highest BCUT2D eigenvalue weighted by Crippen LogP contribution is 2.15. The molecule has 0 unspecified atom stereocenters. The number of methoxy groups -OCH3 is 1. The van der Waals surface area contributed by atoms with Gasteiger partial charge < -0.3 is 14.9 Å². The van der Waals surface area contributed by atoms with Gasteiger partial charge in [0.1, 0.15) is 5.75 Å². The molecule has 0 bridgehead atoms. The van der Waals surface area contributed by atoms with Crippen molar-refractivity contribution in [1.82, 2.24) is 5.32 Å². The number of para-hydroxylation sites is 1. The van der Waals surface area contributed by atoms with Crippen LogP contribution in [0.3, 0.4) is 0 Å². The molecule has 2 aromatic carbocycles. The van der Waals surface area contributed by atoms with Gasteiger partial charge in [0.05, 0.1) is 23.8 Å². The predicted octanol–water partition coefficient (Wildman–Crippen LogP) is 2.27. The van der Waals surface area contributed by atoms with Crippen LogP contribution < -0.4 is 10.1 Å². The number of rotatable bonds is 8. The fourth-order valence-electron chi connectivity index (χ4n) is 1.99. The Balaban J connectivity index is 1.79. The van der Waals surface area contributed by atoms with Crippen molar-refractivity contribution in [2.24, 2.45) is 5.16 Å². The molecule has 2 aromatic rings. The largest absolute Gasteiger partial charge is 0.497 e. The summed E-state index contributed by atoms with van der Waals surface area (Å²) in [5, 5.41) is 17.1. The van der Waals surface area contributed by atoms with Gasteiger partial charge >= 0.3 is 0 Å². The molecule has 0 saturated carbocycles. The van der Waals surface area contributed by atoms with Crippen molar-refractivity contribution in [3.05, 3.63) is 69.8 Å². The highest BCUT2D eigenvalue weighted by molar-refractivity contribution is 5.85. The summed E-state index contributed by atoms with van der Waals surface area (Å²) in [6.07, 6.45) is 1.20. The van der Waals surface area contributed by atoms with Crippen LogP contribution in [0.15, 0.2) is 53.7 Å². The van der Waals surface area contributed by atoms with Gasteiger partial charge in [0, 0.05) is 12.6 Å². The van der Waals surface area contributed by atoms with Gasteiger partial charge in [-0.1, -0.05) is 29.4 Å². The van der Waals surface area contributed by atoms with Crippen molar-refractivity contribution in [1.29, 1.82) is 0 Å². The maximum atomic E-state index is 11.7. The molecule has 8 heteroatoms. The third kappa shape index (κ3) is 5.61. The third-order valence-electron chi connectivity index (χ3n) is 3.22. The van der Waals surface area contributed by atoms with E-state index in [1.807, 2.05) is 24.3 Å². The highest BCUT2D eigenvalue weighted by atomic mass is 16.6. The third-order valence-corrected chi connectivity index (χ3v) is 3.22. The van der Waals surface area contributed by atoms with Crippen LogP contribution in [0.4, 0.5) is 5.69 Å². The van der Waals surface area contributed by atoms with Crippen LogP contribution in [0.1, 0.15) is 11.1 Å². The number of nitro benzene ring substituents is 1. The van der Waals surface area contributed by atoms with Crippen LogP contribution in [0.2, 0.25) is 0 Å². The lowest BCUT2D eigenvalue weighted by Gasteiger charge is -2.06. The van der Waals surface area contributed by atoms with E-state index in [9.17, 15) is 14.9 Å². The zero-order chi connectivity index (χ0) is 18.1. The van der Waals surface area contributed by atoms with Crippen molar-refractivity contribution in [3.63, 3.8) is 0 Å². The average Bonchev–Trinajstić information content (AvgIpc) is 2.64. The first-order valence-electron chi connectivity index (χ1n) is 7.38. The Morgan fingerprint density at radius 1 is 1.28 bits per heavy atom. The van der Waals surface area contributed by atoms with Crippen LogP contribution >= 0.6 is 0 Å². The average molecular weight is 343 g/mol. The number of oxime groups is 1. The number of carbonyl (C=O) groups excluding carboxylic acids is 1. The zero-order valence-corrected chi connectivity index (χ0v) is 13.5. The molecular formula is C17H17N3O5. The van der Waals surface area contributed by atoms with Crippen LogP contribution in [0.5, 0.6) is 5.75 Å². The van der Waals surface area contributed by atoms with E-state index in [0.29, 0.717) is 17.9 Å². The molecule has 130 valence electrons. The molecule has 0 aromatic heterocycles. The lowest BCUT2D eigenvalue weighted by molar-refractivity contribution is -0.385. The Labute approximate surface area is 144 Å². The van der Waals surface area contributed by atoms with E-state index in [1.54, 1.807) is 19.2 Å². The Bertz CT molecular complexity index is 776. The Morgan fingerprint density at radius 3 is 2.84 bits per heavy atom. The molecule has 0 saturated heterocycles. The molecule has 0 fully saturated rings. The van der Waals surface area contributed by atoms with Gasteiger partial charge in [0.15, 0.2) is 6.61 Å². The summed E-state index contributed by atoms with van der Waals surface area (Å²) < 4.78 is 5.11. The minimum atomic E-state index is -0.512. The standard InChI is InChI=1S/C17H17N3O5/c1-24-15-7-4-5-13(9-15)10-18-17(21)12-25-19-11-14-6-2-3-8-16(14)20(22)23/h2-9,11H,10,12H2,1H3,(H,18,21)/b19-11+. The maximum absolute atomic E-state index is 11.7. The Hall–Kier alpha value is -3.42. The van der Waals surface area contributed by atoms with Gasteiger partial charge in [0.2, 0.25) is 0 Å². The quantitative estimate of drug-likeness (QED) is 0.450. The molecule has 0 aliphatic rings. The highest BCUT2D eigenvalue weighted by Gasteiger charge is 2.10. The molecule has 1 amide bonds. The monoisotopic (exact) mass is 343 g/mol. The fraction of sp³-hybridized carbons (Fsp3) is 0.176. The first kappa shape index (κ1) is 17.9. The van der Waals surface area contributed by atoms with E-state index in [0.717, 1.165) is 5.56 Å². The number of nitro groups is 1. The van der Waals surface area contributed by atoms with Gasteiger partial charge in [0.25, 0.3) is 11.6 Å². The fourth-order valence-corrected chi connectivity index (χ4v) is 1.99. The summed E-state index contributed by atoms with van der Waals surface area (Å²) in [6.45, 7) is 0.0361. The van der Waals surface area contributed by atoms with Gasteiger partial charge in [-0.05, 0) is 23.8 Å². The number of carbonyl (C=O) groups is 1. The van der Waals surface area contributed by atoms with Crippen LogP contribution in [0.25, 0.3) is 0 Å². The second-order valence-electron chi connectivity index (χ2n) is 4.95. The van der Waals surface area contributed by atoms with Crippen molar-refractivity contribution < 1.29 is 19.3 Å². The van der Waals surface area contributed by atoms with Gasteiger partial charge in [-0.3, -0.25) is 14.9 Å². The summed E-state index contributed by atoms with van der Waals surface area (Å²) in [7, 11) is 1.57. The van der Waals surface area contributed by atoms with E-state index in [1.165, 1.54) is 18.3 Å². The summed E-state index contributed by atoms with van der Waals surface area (Å²) >= 11 is 0. The number of ether oxygens (including phenoxy) is 1. The normalized spacial score (nSPS) is 10.4. The van der Waals surface area contributed by atoms with E-state index >= 15 is 0 Å². The molecule has 0 aliphatic carbocycles. The Kier molecular flexibility index (Phi) is 6.47. The molecule has 0 atom stereocenters. The lowest BCUT2D eigenvalue weighted by atomic mass is 10.2. The zero-order valence-electron chi connectivity index (χ0n) is 13.5. The number of hydrogen-bond donors (Lipinski definition) is 1. The van der Waals surface area contributed by atoms with Gasteiger partial charge in [-0.15, -0.1) is 0 Å². The molecule has 2 rings (SSSR count). The predicted molar refractivity (Wildman–Crippen MR) is 91.5 cm³/mol. The first-order valence-corrected chi connectivity index (χ1v) is 7.38. The maximum Gasteiger partial charge on any atom is 0.278 e. The molecule has 0 heterocycles. The minimum absolute atomic E-state index is 0.0858. The minimum Gasteiger partial charge on any atom is -0.497 e. The number of amides is 1. The van der Waals surface area contributed by atoms with E-state index in [2.05, 4.69) is 10.5 Å². The second-order valence-corrected chi connectivity index (χ2v) is 4.95. The first-order chi connectivity index (χ1) is 12.1. The molecule has 25 heavy (non-hydrogen) atoms. The Morgan fingerprint density at radius 2 is 2.08 bits per heavy atom. The smallest absolute Gasteiger partial charge is 0.278 e. The number of benzene rings is 2. The summed E-state index contributed by atoms with van der Waals surface area (Å²) in [6, 6.07) is 13.4. The number of nitrogens with one attached hydrogen (secondary N) is 1. The molecule has 0 spiro atoms. The molecular weight excluding hydrogens is 326 g/mol. The SMILES string of the molecule is COc1cccc(CNC(=O)CO/N=C/c2ccccc2[N+](=O)[O-])c1. The van der Waals surface area contributed by atoms with E-state index in [-0.39, 0.29) is 18.2 Å². The van der Waals surface area contributed by atoms with Crippen LogP contribution in [-0.2, 0) is 16.2 Å². The van der Waals surface area contributed by atoms with Gasteiger partial charge in [-0.25, -0.2) is 0 Å². The summed E-state index contributed by atoms with van der Waals surface area (Å²) in [5.41, 5.74) is 1.10. The summed E-state index contributed by atoms with van der Waals surface area (Å²) in [5.74, 6) is 0.347. The second kappa shape index (κ2) is 9.02. The lowest BCUT2D eigenvalue weighted by Crippen LogP contribution is -2.26.